The minimum Gasteiger partial charge on any atom is -0.0968 e. The maximum Gasteiger partial charge on any atom is 0.0286 e. The summed E-state index contributed by atoms with van der Waals surface area (Å²) >= 11 is 0. The highest BCUT2D eigenvalue weighted by atomic mass is 14.3. The van der Waals surface area contributed by atoms with Crippen molar-refractivity contribution in [2.75, 3.05) is 0 Å². The van der Waals surface area contributed by atoms with Crippen LogP contribution in [0.25, 0.3) is 0 Å². The molecule has 74 valence electrons. The molecule has 1 aliphatic carbocycles. The number of rotatable bonds is 0. The Morgan fingerprint density at radius 3 is 2.00 bits per heavy atom. The summed E-state index contributed by atoms with van der Waals surface area (Å²) in [6.07, 6.45) is 6.75. The van der Waals surface area contributed by atoms with Gasteiger partial charge in [0.2, 0.25) is 0 Å². The lowest BCUT2D eigenvalue weighted by Gasteiger charge is -2.28. The van der Waals surface area contributed by atoms with E-state index in [1.54, 1.807) is 0 Å². The van der Waals surface area contributed by atoms with Gasteiger partial charge in [-0.2, -0.15) is 0 Å². The Hall–Kier alpha value is -0.440. The predicted molar refractivity (Wildman–Crippen MR) is 58.4 cm³/mol. The van der Waals surface area contributed by atoms with Gasteiger partial charge in [-0.1, -0.05) is 31.1 Å². The maximum atomic E-state index is 3.49. The second-order valence-electron chi connectivity index (χ2n) is 5.62. The highest BCUT2D eigenvalue weighted by molar-refractivity contribution is 5.15. The molecule has 0 unspecified atom stereocenters. The highest BCUT2D eigenvalue weighted by Crippen LogP contribution is 2.35. The Morgan fingerprint density at radius 2 is 1.54 bits per heavy atom. The fourth-order valence-corrected chi connectivity index (χ4v) is 1.80. The molecule has 1 rings (SSSR count). The van der Waals surface area contributed by atoms with Crippen LogP contribution in [0.15, 0.2) is 0 Å². The van der Waals surface area contributed by atoms with Gasteiger partial charge < -0.3 is 0 Å². The van der Waals surface area contributed by atoms with E-state index in [0.717, 1.165) is 0 Å². The van der Waals surface area contributed by atoms with E-state index in [-0.39, 0.29) is 5.41 Å². The first-order valence-corrected chi connectivity index (χ1v) is 5.46. The second kappa shape index (κ2) is 3.74. The Balaban J connectivity index is 2.63. The fourth-order valence-electron chi connectivity index (χ4n) is 1.80. The van der Waals surface area contributed by atoms with Gasteiger partial charge in [0.05, 0.1) is 0 Å². The van der Waals surface area contributed by atoms with Gasteiger partial charge in [-0.05, 0) is 40.5 Å². The molecular weight excluding hydrogens is 156 g/mol. The molecule has 13 heavy (non-hydrogen) atoms. The highest BCUT2D eigenvalue weighted by Gasteiger charge is 2.24. The predicted octanol–water partition coefficient (Wildman–Crippen LogP) is 4.01. The van der Waals surface area contributed by atoms with Gasteiger partial charge in [0.25, 0.3) is 0 Å². The average molecular weight is 178 g/mol. The van der Waals surface area contributed by atoms with Crippen LogP contribution in [0.2, 0.25) is 0 Å². The summed E-state index contributed by atoms with van der Waals surface area (Å²) in [6, 6.07) is 0. The first kappa shape index (κ1) is 10.6. The van der Waals surface area contributed by atoms with Gasteiger partial charge in [-0.3, -0.25) is 0 Å². The van der Waals surface area contributed by atoms with Crippen molar-refractivity contribution in [1.29, 1.82) is 0 Å². The average Bonchev–Trinajstić information content (AvgIpc) is 2.02. The molecule has 0 aromatic heterocycles. The van der Waals surface area contributed by atoms with Crippen LogP contribution in [0.1, 0.15) is 59.8 Å². The van der Waals surface area contributed by atoms with Crippen LogP contribution in [0, 0.1) is 22.7 Å². The minimum absolute atomic E-state index is 0.167. The standard InChI is InChI=1S/C13H22/c1-12(2,3)10-11-13(4)8-6-5-7-9-13/h5-9H2,1-4H3. The normalized spacial score (nSPS) is 21.8. The molecule has 0 amide bonds. The van der Waals surface area contributed by atoms with Crippen molar-refractivity contribution in [3.8, 4) is 11.8 Å². The van der Waals surface area contributed by atoms with Crippen LogP contribution in [0.4, 0.5) is 0 Å². The van der Waals surface area contributed by atoms with E-state index in [0.29, 0.717) is 5.41 Å². The molecule has 1 saturated carbocycles. The molecule has 0 atom stereocenters. The molecule has 0 heteroatoms. The lowest BCUT2D eigenvalue weighted by atomic mass is 9.75. The Kier molecular flexibility index (Phi) is 3.06. The molecule has 0 aromatic rings. The zero-order valence-corrected chi connectivity index (χ0v) is 9.54. The van der Waals surface area contributed by atoms with E-state index in [1.807, 2.05) is 0 Å². The first-order chi connectivity index (χ1) is 5.91. The molecule has 0 saturated heterocycles. The van der Waals surface area contributed by atoms with Crippen molar-refractivity contribution in [2.45, 2.75) is 59.8 Å². The largest absolute Gasteiger partial charge is 0.0968 e. The lowest BCUT2D eigenvalue weighted by Crippen LogP contribution is -2.18. The smallest absolute Gasteiger partial charge is 0.0286 e. The summed E-state index contributed by atoms with van der Waals surface area (Å²) in [4.78, 5) is 0. The van der Waals surface area contributed by atoms with E-state index in [4.69, 9.17) is 0 Å². The zero-order valence-electron chi connectivity index (χ0n) is 9.54. The van der Waals surface area contributed by atoms with Crippen LogP contribution in [-0.2, 0) is 0 Å². The van der Waals surface area contributed by atoms with E-state index < -0.39 is 0 Å². The molecular formula is C13H22. The summed E-state index contributed by atoms with van der Waals surface area (Å²) in [5.74, 6) is 6.87. The number of hydrogen-bond donors (Lipinski definition) is 0. The minimum atomic E-state index is 0.167. The lowest BCUT2D eigenvalue weighted by molar-refractivity contribution is 0.298. The van der Waals surface area contributed by atoms with Crippen LogP contribution in [0.5, 0.6) is 0 Å². The van der Waals surface area contributed by atoms with Crippen molar-refractivity contribution < 1.29 is 0 Å². The summed E-state index contributed by atoms with van der Waals surface area (Å²) < 4.78 is 0. The molecule has 0 bridgehead atoms. The van der Waals surface area contributed by atoms with Crippen molar-refractivity contribution in [1.82, 2.24) is 0 Å². The van der Waals surface area contributed by atoms with Gasteiger partial charge in [0.1, 0.15) is 0 Å². The maximum absolute atomic E-state index is 3.49. The third kappa shape index (κ3) is 3.85. The fraction of sp³-hybridized carbons (Fsp3) is 0.846. The van der Waals surface area contributed by atoms with E-state index in [1.165, 1.54) is 32.1 Å². The van der Waals surface area contributed by atoms with Crippen molar-refractivity contribution in [2.24, 2.45) is 10.8 Å². The van der Waals surface area contributed by atoms with E-state index in [9.17, 15) is 0 Å². The van der Waals surface area contributed by atoms with Crippen molar-refractivity contribution >= 4 is 0 Å². The first-order valence-electron chi connectivity index (χ1n) is 5.46. The monoisotopic (exact) mass is 178 g/mol. The topological polar surface area (TPSA) is 0 Å². The van der Waals surface area contributed by atoms with E-state index in [2.05, 4.69) is 39.5 Å². The van der Waals surface area contributed by atoms with Crippen LogP contribution in [0.3, 0.4) is 0 Å². The Morgan fingerprint density at radius 1 is 1.00 bits per heavy atom. The quantitative estimate of drug-likeness (QED) is 0.492. The molecule has 0 heterocycles. The number of hydrogen-bond acceptors (Lipinski definition) is 0. The van der Waals surface area contributed by atoms with Gasteiger partial charge in [-0.15, -0.1) is 0 Å². The molecule has 1 aliphatic rings. The van der Waals surface area contributed by atoms with Gasteiger partial charge >= 0.3 is 0 Å². The van der Waals surface area contributed by atoms with Crippen LogP contribution in [-0.4, -0.2) is 0 Å². The third-order valence-electron chi connectivity index (χ3n) is 2.70. The molecule has 0 nitrogen and oxygen atoms in total. The van der Waals surface area contributed by atoms with Crippen LogP contribution >= 0.6 is 0 Å². The van der Waals surface area contributed by atoms with Gasteiger partial charge in [0, 0.05) is 10.8 Å². The third-order valence-corrected chi connectivity index (χ3v) is 2.70. The molecule has 0 aliphatic heterocycles. The molecule has 0 spiro atoms. The summed E-state index contributed by atoms with van der Waals surface area (Å²) in [5, 5.41) is 0. The zero-order chi connectivity index (χ0) is 9.95. The Bertz CT molecular complexity index is 213. The second-order valence-corrected chi connectivity index (χ2v) is 5.62. The van der Waals surface area contributed by atoms with Gasteiger partial charge in [0.15, 0.2) is 0 Å². The van der Waals surface area contributed by atoms with Gasteiger partial charge in [-0.25, -0.2) is 0 Å². The molecule has 0 N–H and O–H groups in total. The summed E-state index contributed by atoms with van der Waals surface area (Å²) in [7, 11) is 0. The summed E-state index contributed by atoms with van der Waals surface area (Å²) in [5.41, 5.74) is 0.492. The summed E-state index contributed by atoms with van der Waals surface area (Å²) in [6.45, 7) is 8.88. The van der Waals surface area contributed by atoms with Crippen LogP contribution < -0.4 is 0 Å². The molecule has 0 radical (unpaired) electrons. The van der Waals surface area contributed by atoms with Crippen molar-refractivity contribution in [3.05, 3.63) is 0 Å². The van der Waals surface area contributed by atoms with E-state index >= 15 is 0 Å². The van der Waals surface area contributed by atoms with Crippen molar-refractivity contribution in [3.63, 3.8) is 0 Å². The molecule has 1 fully saturated rings. The SMILES string of the molecule is CC(C)(C)C#CC1(C)CCCCC1. The molecule has 0 aromatic carbocycles. The Labute approximate surface area is 83.1 Å².